The molecule has 1 aromatic carbocycles. The number of nitrogens with two attached hydrogens (primary N) is 1. The van der Waals surface area contributed by atoms with Crippen LogP contribution in [0.15, 0.2) is 24.3 Å². The second-order valence-electron chi connectivity index (χ2n) is 9.93. The second kappa shape index (κ2) is 12.5. The number of carbonyl (C=O) groups excluding carboxylic acids is 3. The Balaban J connectivity index is 2.10. The van der Waals surface area contributed by atoms with Gasteiger partial charge in [-0.25, -0.2) is 4.79 Å². The maximum atomic E-state index is 13.4. The summed E-state index contributed by atoms with van der Waals surface area (Å²) in [4.78, 5) is 52.2. The Hall–Kier alpha value is -3.14. The summed E-state index contributed by atoms with van der Waals surface area (Å²) in [5.74, 6) is -2.50. The fourth-order valence-electron chi connectivity index (χ4n) is 4.21. The normalized spacial score (nSPS) is 18.3. The molecule has 0 saturated carbocycles. The number of aliphatic carboxylic acids is 1. The molecule has 0 aliphatic carbocycles. The Kier molecular flexibility index (Phi) is 10.1. The quantitative estimate of drug-likeness (QED) is 0.309. The van der Waals surface area contributed by atoms with E-state index in [1.165, 1.54) is 17.0 Å². The van der Waals surface area contributed by atoms with Crippen LogP contribution >= 0.6 is 0 Å². The summed E-state index contributed by atoms with van der Waals surface area (Å²) in [6.45, 7) is 7.86. The lowest BCUT2D eigenvalue weighted by atomic mass is 9.99. The second-order valence-corrected chi connectivity index (χ2v) is 9.93. The van der Waals surface area contributed by atoms with Crippen molar-refractivity contribution >= 4 is 23.7 Å². The number of rotatable bonds is 11. The van der Waals surface area contributed by atoms with Crippen LogP contribution in [0.3, 0.4) is 0 Å². The van der Waals surface area contributed by atoms with Gasteiger partial charge in [-0.05, 0) is 48.8 Å². The molecule has 10 heteroatoms. The maximum Gasteiger partial charge on any atom is 0.326 e. The molecule has 194 valence electrons. The van der Waals surface area contributed by atoms with Gasteiger partial charge in [0.15, 0.2) is 0 Å². The summed E-state index contributed by atoms with van der Waals surface area (Å²) in [7, 11) is 0. The van der Waals surface area contributed by atoms with Gasteiger partial charge in [0.05, 0.1) is 6.04 Å². The summed E-state index contributed by atoms with van der Waals surface area (Å²) in [6.07, 6.45) is 1.50. The molecule has 3 amide bonds. The number of likely N-dealkylation sites (tertiary alicyclic amines) is 1. The fourth-order valence-corrected chi connectivity index (χ4v) is 4.21. The third kappa shape index (κ3) is 7.95. The van der Waals surface area contributed by atoms with Gasteiger partial charge in [-0.1, -0.05) is 39.8 Å². The lowest BCUT2D eigenvalue weighted by Gasteiger charge is -2.31. The molecule has 0 aromatic heterocycles. The van der Waals surface area contributed by atoms with Gasteiger partial charge >= 0.3 is 5.97 Å². The van der Waals surface area contributed by atoms with E-state index in [0.29, 0.717) is 31.4 Å². The molecular weight excluding hydrogens is 452 g/mol. The largest absolute Gasteiger partial charge is 0.508 e. The van der Waals surface area contributed by atoms with Crippen LogP contribution in [0.1, 0.15) is 52.5 Å². The van der Waals surface area contributed by atoms with Crippen molar-refractivity contribution in [3.8, 4) is 5.75 Å². The zero-order valence-corrected chi connectivity index (χ0v) is 20.9. The number of phenols is 1. The first-order chi connectivity index (χ1) is 16.4. The third-order valence-corrected chi connectivity index (χ3v) is 6.12. The number of amides is 3. The van der Waals surface area contributed by atoms with Gasteiger partial charge in [-0.3, -0.25) is 14.4 Å². The van der Waals surface area contributed by atoms with Crippen LogP contribution in [0.4, 0.5) is 0 Å². The summed E-state index contributed by atoms with van der Waals surface area (Å²) in [6, 6.07) is 2.46. The fraction of sp³-hybridized carbons (Fsp3) is 0.600. The van der Waals surface area contributed by atoms with E-state index in [4.69, 9.17) is 5.73 Å². The van der Waals surface area contributed by atoms with E-state index in [2.05, 4.69) is 10.6 Å². The zero-order chi connectivity index (χ0) is 26.3. The molecule has 1 fully saturated rings. The minimum Gasteiger partial charge on any atom is -0.508 e. The molecule has 0 bridgehead atoms. The predicted molar refractivity (Wildman–Crippen MR) is 130 cm³/mol. The highest BCUT2D eigenvalue weighted by Crippen LogP contribution is 2.21. The number of nitrogens with zero attached hydrogens (tertiary/aromatic N) is 1. The van der Waals surface area contributed by atoms with Crippen LogP contribution in [0.5, 0.6) is 5.75 Å². The Morgan fingerprint density at radius 2 is 1.71 bits per heavy atom. The van der Waals surface area contributed by atoms with Crippen molar-refractivity contribution in [3.05, 3.63) is 29.8 Å². The first kappa shape index (κ1) is 28.1. The smallest absolute Gasteiger partial charge is 0.326 e. The maximum absolute atomic E-state index is 13.4. The number of hydrogen-bond donors (Lipinski definition) is 5. The zero-order valence-electron chi connectivity index (χ0n) is 20.9. The van der Waals surface area contributed by atoms with Crippen molar-refractivity contribution in [2.24, 2.45) is 17.6 Å². The summed E-state index contributed by atoms with van der Waals surface area (Å²) < 4.78 is 0. The minimum absolute atomic E-state index is 0.0282. The van der Waals surface area contributed by atoms with E-state index in [1.54, 1.807) is 26.0 Å². The third-order valence-electron chi connectivity index (χ3n) is 6.12. The van der Waals surface area contributed by atoms with E-state index in [-0.39, 0.29) is 29.9 Å². The van der Waals surface area contributed by atoms with Crippen molar-refractivity contribution in [1.29, 1.82) is 0 Å². The van der Waals surface area contributed by atoms with Gasteiger partial charge in [0.25, 0.3) is 0 Å². The highest BCUT2D eigenvalue weighted by atomic mass is 16.4. The molecule has 10 nitrogen and oxygen atoms in total. The van der Waals surface area contributed by atoms with Gasteiger partial charge in [0, 0.05) is 13.0 Å². The average molecular weight is 491 g/mol. The number of aromatic hydroxyl groups is 1. The Bertz CT molecular complexity index is 902. The molecule has 2 rings (SSSR count). The first-order valence-corrected chi connectivity index (χ1v) is 12.1. The van der Waals surface area contributed by atoms with E-state index in [1.807, 2.05) is 13.8 Å². The van der Waals surface area contributed by atoms with Crippen LogP contribution < -0.4 is 16.4 Å². The molecule has 1 aliphatic rings. The lowest BCUT2D eigenvalue weighted by Crippen LogP contribution is -2.58. The molecule has 6 N–H and O–H groups in total. The molecule has 1 aromatic rings. The molecule has 0 radical (unpaired) electrons. The van der Waals surface area contributed by atoms with Crippen LogP contribution in [-0.4, -0.2) is 69.5 Å². The lowest BCUT2D eigenvalue weighted by molar-refractivity contribution is -0.145. The van der Waals surface area contributed by atoms with Crippen LogP contribution in [0.2, 0.25) is 0 Å². The topological polar surface area (TPSA) is 162 Å². The monoisotopic (exact) mass is 490 g/mol. The highest BCUT2D eigenvalue weighted by molar-refractivity contribution is 5.94. The van der Waals surface area contributed by atoms with Crippen LogP contribution in [0, 0.1) is 11.8 Å². The van der Waals surface area contributed by atoms with Crippen molar-refractivity contribution in [2.75, 3.05) is 6.54 Å². The number of phenolic OH excluding ortho intramolecular Hbond substituents is 1. The predicted octanol–water partition coefficient (Wildman–Crippen LogP) is 1.01. The van der Waals surface area contributed by atoms with Gasteiger partial charge < -0.3 is 31.5 Å². The molecule has 35 heavy (non-hydrogen) atoms. The number of benzene rings is 1. The summed E-state index contributed by atoms with van der Waals surface area (Å²) >= 11 is 0. The average Bonchev–Trinajstić information content (AvgIpc) is 3.27. The number of carbonyl (C=O) groups is 4. The first-order valence-electron chi connectivity index (χ1n) is 12.1. The summed E-state index contributed by atoms with van der Waals surface area (Å²) in [5, 5.41) is 24.4. The van der Waals surface area contributed by atoms with Crippen molar-refractivity contribution < 1.29 is 29.4 Å². The van der Waals surface area contributed by atoms with Gasteiger partial charge in [0.1, 0.15) is 23.9 Å². The summed E-state index contributed by atoms with van der Waals surface area (Å²) in [5.41, 5.74) is 6.61. The minimum atomic E-state index is -1.20. The van der Waals surface area contributed by atoms with Crippen molar-refractivity contribution in [2.45, 2.75) is 77.5 Å². The van der Waals surface area contributed by atoms with Crippen LogP contribution in [0.25, 0.3) is 0 Å². The molecule has 1 heterocycles. The molecule has 0 spiro atoms. The van der Waals surface area contributed by atoms with Gasteiger partial charge in [0.2, 0.25) is 17.7 Å². The molecule has 1 saturated heterocycles. The Morgan fingerprint density at radius 1 is 1.09 bits per heavy atom. The van der Waals surface area contributed by atoms with Crippen molar-refractivity contribution in [3.63, 3.8) is 0 Å². The number of nitrogens with one attached hydrogen (secondary N) is 2. The van der Waals surface area contributed by atoms with Crippen LogP contribution in [-0.2, 0) is 25.6 Å². The SMILES string of the molecule is CC(C)CC(N)C(=O)NC(C(=O)N1CCCC1C(=O)NC(Cc1ccc(O)cc1)C(=O)O)C(C)C. The van der Waals surface area contributed by atoms with E-state index >= 15 is 0 Å². The molecular formula is C25H38N4O6. The standard InChI is InChI=1S/C25H38N4O6/c1-14(2)12-18(26)22(31)28-21(15(3)4)24(33)29-11-5-6-20(29)23(32)27-19(25(34)35)13-16-7-9-17(30)10-8-16/h7-10,14-15,18-21,30H,5-6,11-13,26H2,1-4H3,(H,27,32)(H,28,31)(H,34,35). The Labute approximate surface area is 206 Å². The number of carboxylic acid groups (broad SMARTS) is 1. The Morgan fingerprint density at radius 3 is 2.26 bits per heavy atom. The van der Waals surface area contributed by atoms with Crippen molar-refractivity contribution in [1.82, 2.24) is 15.5 Å². The van der Waals surface area contributed by atoms with E-state index < -0.39 is 42.0 Å². The molecule has 4 atom stereocenters. The molecule has 1 aliphatic heterocycles. The van der Waals surface area contributed by atoms with E-state index in [0.717, 1.165) is 0 Å². The van der Waals surface area contributed by atoms with E-state index in [9.17, 15) is 29.4 Å². The highest BCUT2D eigenvalue weighted by Gasteiger charge is 2.40. The number of carboxylic acids is 1. The molecule has 4 unspecified atom stereocenters. The van der Waals surface area contributed by atoms with Gasteiger partial charge in [-0.2, -0.15) is 0 Å². The van der Waals surface area contributed by atoms with Gasteiger partial charge in [-0.15, -0.1) is 0 Å². The number of hydrogen-bond acceptors (Lipinski definition) is 6.